The molecule has 2 aromatic rings. The summed E-state index contributed by atoms with van der Waals surface area (Å²) in [7, 11) is 0. The van der Waals surface area contributed by atoms with E-state index in [9.17, 15) is 4.79 Å². The SMILES string of the molecule is Cc1ccc(-c2cccnc2)oc1=O. The summed E-state index contributed by atoms with van der Waals surface area (Å²) in [5.41, 5.74) is 1.12. The van der Waals surface area contributed by atoms with Crippen LogP contribution >= 0.6 is 0 Å². The van der Waals surface area contributed by atoms with Gasteiger partial charge in [0, 0.05) is 23.5 Å². The Morgan fingerprint density at radius 3 is 2.79 bits per heavy atom. The fourth-order valence-electron chi connectivity index (χ4n) is 1.15. The predicted molar refractivity (Wildman–Crippen MR) is 52.9 cm³/mol. The van der Waals surface area contributed by atoms with Gasteiger partial charge < -0.3 is 4.42 Å². The predicted octanol–water partition coefficient (Wildman–Crippen LogP) is 2.01. The number of hydrogen-bond donors (Lipinski definition) is 0. The van der Waals surface area contributed by atoms with Gasteiger partial charge in [0.05, 0.1) is 0 Å². The molecule has 2 rings (SSSR count). The Kier molecular flexibility index (Phi) is 2.14. The molecule has 2 heterocycles. The third-order valence-corrected chi connectivity index (χ3v) is 1.96. The number of rotatable bonds is 1. The molecule has 14 heavy (non-hydrogen) atoms. The van der Waals surface area contributed by atoms with Gasteiger partial charge in [-0.15, -0.1) is 0 Å². The molecule has 3 nitrogen and oxygen atoms in total. The highest BCUT2D eigenvalue weighted by atomic mass is 16.4. The van der Waals surface area contributed by atoms with E-state index in [1.54, 1.807) is 37.5 Å². The van der Waals surface area contributed by atoms with E-state index in [1.165, 1.54) is 0 Å². The molecule has 0 bridgehead atoms. The maximum absolute atomic E-state index is 11.2. The Hall–Kier alpha value is -1.90. The Balaban J connectivity index is 2.54. The number of aromatic nitrogens is 1. The van der Waals surface area contributed by atoms with Crippen LogP contribution in [0.2, 0.25) is 0 Å². The van der Waals surface area contributed by atoms with Crippen LogP contribution in [0.5, 0.6) is 0 Å². The molecule has 0 aliphatic heterocycles. The van der Waals surface area contributed by atoms with E-state index in [0.717, 1.165) is 5.56 Å². The molecule has 0 amide bonds. The Morgan fingerprint density at radius 1 is 1.29 bits per heavy atom. The minimum Gasteiger partial charge on any atom is -0.422 e. The molecule has 0 aliphatic carbocycles. The number of nitrogens with zero attached hydrogens (tertiary/aromatic N) is 1. The lowest BCUT2D eigenvalue weighted by atomic mass is 10.2. The van der Waals surface area contributed by atoms with Crippen molar-refractivity contribution in [3.05, 3.63) is 52.6 Å². The van der Waals surface area contributed by atoms with Crippen LogP contribution in [0.15, 0.2) is 45.9 Å². The van der Waals surface area contributed by atoms with Crippen LogP contribution in [0.1, 0.15) is 5.56 Å². The normalized spacial score (nSPS) is 10.1. The first kappa shape index (κ1) is 8.69. The van der Waals surface area contributed by atoms with Gasteiger partial charge in [-0.05, 0) is 31.2 Å². The van der Waals surface area contributed by atoms with Crippen molar-refractivity contribution in [2.45, 2.75) is 6.92 Å². The van der Waals surface area contributed by atoms with E-state index in [1.807, 2.05) is 6.07 Å². The average Bonchev–Trinajstić information content (AvgIpc) is 2.23. The van der Waals surface area contributed by atoms with E-state index in [-0.39, 0.29) is 5.63 Å². The monoisotopic (exact) mass is 187 g/mol. The standard InChI is InChI=1S/C11H9NO2/c1-8-4-5-10(14-11(8)13)9-3-2-6-12-7-9/h2-7H,1H3. The maximum Gasteiger partial charge on any atom is 0.339 e. The lowest BCUT2D eigenvalue weighted by Crippen LogP contribution is -2.02. The minimum absolute atomic E-state index is 0.300. The van der Waals surface area contributed by atoms with Crippen LogP contribution in [0, 0.1) is 6.92 Å². The summed E-state index contributed by atoms with van der Waals surface area (Å²) in [6.45, 7) is 1.72. The van der Waals surface area contributed by atoms with Crippen molar-refractivity contribution in [2.24, 2.45) is 0 Å². The zero-order valence-corrected chi connectivity index (χ0v) is 7.73. The smallest absolute Gasteiger partial charge is 0.339 e. The zero-order valence-electron chi connectivity index (χ0n) is 7.73. The van der Waals surface area contributed by atoms with Crippen molar-refractivity contribution in [3.63, 3.8) is 0 Å². The molecule has 0 aromatic carbocycles. The molecule has 0 fully saturated rings. The van der Waals surface area contributed by atoms with Crippen molar-refractivity contribution < 1.29 is 4.42 Å². The van der Waals surface area contributed by atoms with Crippen LogP contribution < -0.4 is 5.63 Å². The van der Waals surface area contributed by atoms with Crippen LogP contribution in [-0.2, 0) is 0 Å². The van der Waals surface area contributed by atoms with Gasteiger partial charge in [0.2, 0.25) is 0 Å². The minimum atomic E-state index is -0.300. The summed E-state index contributed by atoms with van der Waals surface area (Å²) in [6.07, 6.45) is 3.34. The summed E-state index contributed by atoms with van der Waals surface area (Å²) in [5.74, 6) is 0.550. The lowest BCUT2D eigenvalue weighted by molar-refractivity contribution is 0.520. The van der Waals surface area contributed by atoms with Gasteiger partial charge in [0.15, 0.2) is 0 Å². The fourth-order valence-corrected chi connectivity index (χ4v) is 1.15. The van der Waals surface area contributed by atoms with Crippen LogP contribution in [-0.4, -0.2) is 4.98 Å². The van der Waals surface area contributed by atoms with E-state index < -0.39 is 0 Å². The van der Waals surface area contributed by atoms with Crippen LogP contribution in [0.4, 0.5) is 0 Å². The van der Waals surface area contributed by atoms with Crippen molar-refractivity contribution in [2.75, 3.05) is 0 Å². The first-order valence-electron chi connectivity index (χ1n) is 4.28. The molecule has 0 saturated carbocycles. The van der Waals surface area contributed by atoms with E-state index >= 15 is 0 Å². The number of pyridine rings is 1. The second-order valence-corrected chi connectivity index (χ2v) is 3.01. The molecular formula is C11H9NO2. The largest absolute Gasteiger partial charge is 0.422 e. The molecule has 0 unspecified atom stereocenters. The van der Waals surface area contributed by atoms with E-state index in [2.05, 4.69) is 4.98 Å². The van der Waals surface area contributed by atoms with Crippen molar-refractivity contribution in [3.8, 4) is 11.3 Å². The molecule has 3 heteroatoms. The Morgan fingerprint density at radius 2 is 2.14 bits per heavy atom. The molecule has 0 N–H and O–H groups in total. The highest BCUT2D eigenvalue weighted by molar-refractivity contribution is 5.55. The average molecular weight is 187 g/mol. The molecule has 2 aromatic heterocycles. The van der Waals surface area contributed by atoms with Crippen molar-refractivity contribution >= 4 is 0 Å². The topological polar surface area (TPSA) is 43.1 Å². The molecule has 0 radical (unpaired) electrons. The molecular weight excluding hydrogens is 178 g/mol. The highest BCUT2D eigenvalue weighted by Gasteiger charge is 2.01. The molecule has 0 aliphatic rings. The van der Waals surface area contributed by atoms with Gasteiger partial charge in [-0.25, -0.2) is 4.79 Å². The van der Waals surface area contributed by atoms with Gasteiger partial charge in [-0.3, -0.25) is 4.98 Å². The highest BCUT2D eigenvalue weighted by Crippen LogP contribution is 2.15. The van der Waals surface area contributed by atoms with E-state index in [0.29, 0.717) is 11.3 Å². The summed E-state index contributed by atoms with van der Waals surface area (Å²) in [6, 6.07) is 7.16. The Labute approximate surface area is 81.0 Å². The first-order chi connectivity index (χ1) is 6.77. The zero-order chi connectivity index (χ0) is 9.97. The second-order valence-electron chi connectivity index (χ2n) is 3.01. The van der Waals surface area contributed by atoms with Gasteiger partial charge in [-0.2, -0.15) is 0 Å². The van der Waals surface area contributed by atoms with Crippen molar-refractivity contribution in [1.29, 1.82) is 0 Å². The molecule has 0 spiro atoms. The quantitative estimate of drug-likeness (QED) is 0.685. The van der Waals surface area contributed by atoms with Crippen molar-refractivity contribution in [1.82, 2.24) is 4.98 Å². The molecule has 0 atom stereocenters. The third kappa shape index (κ3) is 1.57. The third-order valence-electron chi connectivity index (χ3n) is 1.96. The Bertz CT molecular complexity index is 488. The summed E-state index contributed by atoms with van der Waals surface area (Å²) < 4.78 is 5.10. The summed E-state index contributed by atoms with van der Waals surface area (Å²) in [4.78, 5) is 15.2. The summed E-state index contributed by atoms with van der Waals surface area (Å²) in [5, 5.41) is 0. The molecule has 0 saturated heterocycles. The maximum atomic E-state index is 11.2. The molecule has 70 valence electrons. The van der Waals surface area contributed by atoms with Crippen LogP contribution in [0.25, 0.3) is 11.3 Å². The first-order valence-corrected chi connectivity index (χ1v) is 4.28. The number of aryl methyl sites for hydroxylation is 1. The van der Waals surface area contributed by atoms with Gasteiger partial charge in [-0.1, -0.05) is 0 Å². The fraction of sp³-hybridized carbons (Fsp3) is 0.0909. The van der Waals surface area contributed by atoms with Gasteiger partial charge in [0.25, 0.3) is 0 Å². The van der Waals surface area contributed by atoms with Gasteiger partial charge in [0.1, 0.15) is 5.76 Å². The van der Waals surface area contributed by atoms with E-state index in [4.69, 9.17) is 4.42 Å². The lowest BCUT2D eigenvalue weighted by Gasteiger charge is -1.98. The number of hydrogen-bond acceptors (Lipinski definition) is 3. The van der Waals surface area contributed by atoms with Crippen LogP contribution in [0.3, 0.4) is 0 Å². The summed E-state index contributed by atoms with van der Waals surface area (Å²) >= 11 is 0. The van der Waals surface area contributed by atoms with Gasteiger partial charge >= 0.3 is 5.63 Å². The second kappa shape index (κ2) is 3.46.